The first-order valence-corrected chi connectivity index (χ1v) is 8.23. The smallest absolute Gasteiger partial charge is 0.251 e. The summed E-state index contributed by atoms with van der Waals surface area (Å²) in [6.45, 7) is 4.88. The van der Waals surface area contributed by atoms with Crippen molar-refractivity contribution in [3.63, 3.8) is 0 Å². The van der Waals surface area contributed by atoms with Gasteiger partial charge in [0.15, 0.2) is 0 Å². The van der Waals surface area contributed by atoms with Crippen LogP contribution in [0.15, 0.2) is 48.7 Å². The Hall–Kier alpha value is -2.36. The summed E-state index contributed by atoms with van der Waals surface area (Å²) in [6.07, 6.45) is 4.58. The monoisotopic (exact) mass is 311 g/mol. The summed E-state index contributed by atoms with van der Waals surface area (Å²) >= 11 is 0. The van der Waals surface area contributed by atoms with E-state index in [9.17, 15) is 4.79 Å². The molecule has 0 aliphatic carbocycles. The molecular formula is C19H25N3O. The largest absolute Gasteiger partial charge is 0.368 e. The SMILES string of the molecule is CCC(C)Nc1cc(C(=O)NCCCc2ccccc2)ccn1. The Balaban J connectivity index is 1.80. The number of carbonyl (C=O) groups excluding carboxylic acids is 1. The summed E-state index contributed by atoms with van der Waals surface area (Å²) in [4.78, 5) is 16.5. The normalized spacial score (nSPS) is 11.7. The van der Waals surface area contributed by atoms with Gasteiger partial charge in [0.1, 0.15) is 5.82 Å². The van der Waals surface area contributed by atoms with E-state index in [0.29, 0.717) is 18.2 Å². The standard InChI is InChI=1S/C19H25N3O/c1-3-15(2)22-18-14-17(11-13-20-18)19(23)21-12-7-10-16-8-5-4-6-9-16/h4-6,8-9,11,13-15H,3,7,10,12H2,1-2H3,(H,20,22)(H,21,23). The van der Waals surface area contributed by atoms with E-state index in [1.165, 1.54) is 5.56 Å². The maximum atomic E-state index is 12.2. The van der Waals surface area contributed by atoms with Gasteiger partial charge in [0.05, 0.1) is 0 Å². The van der Waals surface area contributed by atoms with Crippen molar-refractivity contribution in [3.05, 3.63) is 59.8 Å². The molecule has 0 aliphatic heterocycles. The fourth-order valence-corrected chi connectivity index (χ4v) is 2.25. The zero-order chi connectivity index (χ0) is 16.5. The van der Waals surface area contributed by atoms with E-state index >= 15 is 0 Å². The van der Waals surface area contributed by atoms with Gasteiger partial charge in [-0.25, -0.2) is 4.98 Å². The lowest BCUT2D eigenvalue weighted by Gasteiger charge is -2.12. The van der Waals surface area contributed by atoms with Crippen molar-refractivity contribution >= 4 is 11.7 Å². The van der Waals surface area contributed by atoms with Crippen molar-refractivity contribution < 1.29 is 4.79 Å². The number of benzene rings is 1. The third-order valence-electron chi connectivity index (χ3n) is 3.80. The van der Waals surface area contributed by atoms with Crippen LogP contribution in [0.3, 0.4) is 0 Å². The van der Waals surface area contributed by atoms with E-state index in [4.69, 9.17) is 0 Å². The number of hydrogen-bond donors (Lipinski definition) is 2. The van der Waals surface area contributed by atoms with Crippen LogP contribution < -0.4 is 10.6 Å². The fourth-order valence-electron chi connectivity index (χ4n) is 2.25. The van der Waals surface area contributed by atoms with Crippen LogP contribution in [0, 0.1) is 0 Å². The summed E-state index contributed by atoms with van der Waals surface area (Å²) in [5, 5.41) is 6.25. The third-order valence-corrected chi connectivity index (χ3v) is 3.80. The number of hydrogen-bond acceptors (Lipinski definition) is 3. The van der Waals surface area contributed by atoms with Crippen LogP contribution in [0.25, 0.3) is 0 Å². The number of nitrogens with one attached hydrogen (secondary N) is 2. The summed E-state index contributed by atoms with van der Waals surface area (Å²) in [6, 6.07) is 14.2. The quantitative estimate of drug-likeness (QED) is 0.732. The zero-order valence-electron chi connectivity index (χ0n) is 13.9. The van der Waals surface area contributed by atoms with Crippen LogP contribution in [0.5, 0.6) is 0 Å². The molecule has 0 fully saturated rings. The molecule has 122 valence electrons. The molecule has 1 heterocycles. The molecule has 0 saturated heterocycles. The van der Waals surface area contributed by atoms with Gasteiger partial charge in [-0.2, -0.15) is 0 Å². The zero-order valence-corrected chi connectivity index (χ0v) is 13.9. The first-order chi connectivity index (χ1) is 11.2. The average Bonchev–Trinajstić information content (AvgIpc) is 2.59. The highest BCUT2D eigenvalue weighted by molar-refractivity contribution is 5.94. The van der Waals surface area contributed by atoms with Crippen molar-refractivity contribution in [2.45, 2.75) is 39.2 Å². The van der Waals surface area contributed by atoms with Gasteiger partial charge in [-0.3, -0.25) is 4.79 Å². The number of nitrogens with zero attached hydrogens (tertiary/aromatic N) is 1. The van der Waals surface area contributed by atoms with Crippen molar-refractivity contribution in [2.24, 2.45) is 0 Å². The molecular weight excluding hydrogens is 286 g/mol. The molecule has 23 heavy (non-hydrogen) atoms. The van der Waals surface area contributed by atoms with Gasteiger partial charge >= 0.3 is 0 Å². The number of rotatable bonds is 8. The van der Waals surface area contributed by atoms with Crippen LogP contribution in [0.1, 0.15) is 42.6 Å². The average molecular weight is 311 g/mol. The number of amides is 1. The molecule has 1 amide bonds. The Morgan fingerprint density at radius 1 is 1.22 bits per heavy atom. The van der Waals surface area contributed by atoms with Crippen LogP contribution in [-0.4, -0.2) is 23.5 Å². The van der Waals surface area contributed by atoms with Crippen LogP contribution >= 0.6 is 0 Å². The van der Waals surface area contributed by atoms with Gasteiger partial charge in [0.25, 0.3) is 5.91 Å². The van der Waals surface area contributed by atoms with Crippen molar-refractivity contribution in [3.8, 4) is 0 Å². The molecule has 1 aromatic carbocycles. The van der Waals surface area contributed by atoms with Crippen molar-refractivity contribution in [1.82, 2.24) is 10.3 Å². The van der Waals surface area contributed by atoms with Crippen LogP contribution in [0.2, 0.25) is 0 Å². The maximum Gasteiger partial charge on any atom is 0.251 e. The second-order valence-corrected chi connectivity index (χ2v) is 5.73. The molecule has 1 aromatic heterocycles. The Kier molecular flexibility index (Phi) is 6.60. The van der Waals surface area contributed by atoms with Crippen LogP contribution in [0.4, 0.5) is 5.82 Å². The fraction of sp³-hybridized carbons (Fsp3) is 0.368. The Morgan fingerprint density at radius 3 is 2.74 bits per heavy atom. The van der Waals surface area contributed by atoms with E-state index in [0.717, 1.165) is 25.1 Å². The summed E-state index contributed by atoms with van der Waals surface area (Å²) in [5.41, 5.74) is 1.94. The lowest BCUT2D eigenvalue weighted by molar-refractivity contribution is 0.0953. The number of anilines is 1. The highest BCUT2D eigenvalue weighted by Gasteiger charge is 2.07. The van der Waals surface area contributed by atoms with Gasteiger partial charge in [-0.1, -0.05) is 37.3 Å². The first-order valence-electron chi connectivity index (χ1n) is 8.23. The maximum absolute atomic E-state index is 12.2. The minimum atomic E-state index is -0.0485. The second kappa shape index (κ2) is 8.93. The number of aromatic nitrogens is 1. The summed E-state index contributed by atoms with van der Waals surface area (Å²) in [5.74, 6) is 0.698. The van der Waals surface area contributed by atoms with Gasteiger partial charge in [-0.05, 0) is 43.9 Å². The molecule has 0 spiro atoms. The van der Waals surface area contributed by atoms with Crippen molar-refractivity contribution in [2.75, 3.05) is 11.9 Å². The van der Waals surface area contributed by atoms with E-state index in [1.807, 2.05) is 18.2 Å². The van der Waals surface area contributed by atoms with Crippen molar-refractivity contribution in [1.29, 1.82) is 0 Å². The molecule has 1 atom stereocenters. The molecule has 4 heteroatoms. The Labute approximate surface area is 138 Å². The molecule has 0 bridgehead atoms. The van der Waals surface area contributed by atoms with E-state index in [-0.39, 0.29) is 5.91 Å². The topological polar surface area (TPSA) is 54.0 Å². The third kappa shape index (κ3) is 5.74. The van der Waals surface area contributed by atoms with Gasteiger partial charge < -0.3 is 10.6 Å². The van der Waals surface area contributed by atoms with Crippen LogP contribution in [-0.2, 0) is 6.42 Å². The first kappa shape index (κ1) is 17.0. The lowest BCUT2D eigenvalue weighted by atomic mass is 10.1. The highest BCUT2D eigenvalue weighted by Crippen LogP contribution is 2.09. The predicted molar refractivity (Wildman–Crippen MR) is 94.7 cm³/mol. The van der Waals surface area contributed by atoms with Gasteiger partial charge in [0, 0.05) is 24.3 Å². The van der Waals surface area contributed by atoms with E-state index in [1.54, 1.807) is 18.3 Å². The minimum Gasteiger partial charge on any atom is -0.368 e. The molecule has 2 aromatic rings. The summed E-state index contributed by atoms with van der Waals surface area (Å²) < 4.78 is 0. The molecule has 1 unspecified atom stereocenters. The number of carbonyl (C=O) groups is 1. The minimum absolute atomic E-state index is 0.0485. The Morgan fingerprint density at radius 2 is 2.00 bits per heavy atom. The Bertz CT molecular complexity index is 613. The predicted octanol–water partition coefficient (Wildman–Crippen LogP) is 3.65. The highest BCUT2D eigenvalue weighted by atomic mass is 16.1. The molecule has 0 aliphatic rings. The molecule has 0 radical (unpaired) electrons. The van der Waals surface area contributed by atoms with Gasteiger partial charge in [-0.15, -0.1) is 0 Å². The second-order valence-electron chi connectivity index (χ2n) is 5.73. The molecule has 0 saturated carbocycles. The summed E-state index contributed by atoms with van der Waals surface area (Å²) in [7, 11) is 0. The van der Waals surface area contributed by atoms with E-state index < -0.39 is 0 Å². The lowest BCUT2D eigenvalue weighted by Crippen LogP contribution is -2.25. The van der Waals surface area contributed by atoms with Gasteiger partial charge in [0.2, 0.25) is 0 Å². The number of aryl methyl sites for hydroxylation is 1. The molecule has 2 rings (SSSR count). The van der Waals surface area contributed by atoms with E-state index in [2.05, 4.69) is 41.6 Å². The number of pyridine rings is 1. The molecule has 2 N–H and O–H groups in total. The molecule has 4 nitrogen and oxygen atoms in total.